The molecule has 0 spiro atoms. The summed E-state index contributed by atoms with van der Waals surface area (Å²) in [6, 6.07) is 10.9. The van der Waals surface area contributed by atoms with Gasteiger partial charge in [-0.05, 0) is 37.1 Å². The first-order valence-electron chi connectivity index (χ1n) is 8.77. The Kier molecular flexibility index (Phi) is 7.56. The minimum atomic E-state index is -3.49. The fourth-order valence-electron chi connectivity index (χ4n) is 2.39. The summed E-state index contributed by atoms with van der Waals surface area (Å²) in [6.07, 6.45) is 5.28. The number of pyridine rings is 1. The molecule has 0 bridgehead atoms. The molecule has 1 atom stereocenters. The van der Waals surface area contributed by atoms with E-state index >= 15 is 0 Å². The first-order valence-corrected chi connectivity index (χ1v) is 10.2. The standard InChI is InChI=1S/C19H27N3O3S/c1-4-5-13-22(3)26(23,24)21-16(2)18-8-10-19(11-9-18)25-15-17-7-6-12-20-14-17/h6-12,14,16,21H,4-5,13,15H2,1-3H3. The third-order valence-electron chi connectivity index (χ3n) is 4.07. The van der Waals surface area contributed by atoms with Gasteiger partial charge < -0.3 is 4.74 Å². The molecule has 0 fully saturated rings. The molecule has 0 aliphatic rings. The second kappa shape index (κ2) is 9.66. The lowest BCUT2D eigenvalue weighted by atomic mass is 10.1. The molecule has 7 heteroatoms. The van der Waals surface area contributed by atoms with Gasteiger partial charge in [0.1, 0.15) is 12.4 Å². The van der Waals surface area contributed by atoms with Crippen molar-refractivity contribution in [3.63, 3.8) is 0 Å². The Morgan fingerprint density at radius 2 is 1.96 bits per heavy atom. The van der Waals surface area contributed by atoms with E-state index in [2.05, 4.69) is 9.71 Å². The summed E-state index contributed by atoms with van der Waals surface area (Å²) in [5.41, 5.74) is 1.87. The predicted molar refractivity (Wildman–Crippen MR) is 103 cm³/mol. The average Bonchev–Trinajstić information content (AvgIpc) is 2.65. The minimum absolute atomic E-state index is 0.323. The third-order valence-corrected chi connectivity index (χ3v) is 5.73. The van der Waals surface area contributed by atoms with Crippen LogP contribution in [0.25, 0.3) is 0 Å². The Bertz CT molecular complexity index is 764. The zero-order chi connectivity index (χ0) is 19.0. The summed E-state index contributed by atoms with van der Waals surface area (Å²) >= 11 is 0. The van der Waals surface area contributed by atoms with E-state index in [1.807, 2.05) is 50.2 Å². The molecule has 1 heterocycles. The zero-order valence-electron chi connectivity index (χ0n) is 15.6. The summed E-state index contributed by atoms with van der Waals surface area (Å²) in [5, 5.41) is 0. The van der Waals surface area contributed by atoms with E-state index in [9.17, 15) is 8.42 Å². The second-order valence-corrected chi connectivity index (χ2v) is 8.05. The molecule has 1 aromatic heterocycles. The summed E-state index contributed by atoms with van der Waals surface area (Å²) in [7, 11) is -1.89. The predicted octanol–water partition coefficient (Wildman–Crippen LogP) is 3.29. The van der Waals surface area contributed by atoms with E-state index in [1.54, 1.807) is 19.4 Å². The monoisotopic (exact) mass is 377 g/mol. The van der Waals surface area contributed by atoms with Gasteiger partial charge in [0, 0.05) is 37.6 Å². The van der Waals surface area contributed by atoms with E-state index in [0.29, 0.717) is 13.2 Å². The van der Waals surface area contributed by atoms with Gasteiger partial charge in [0.2, 0.25) is 0 Å². The molecular weight excluding hydrogens is 350 g/mol. The number of hydrogen-bond donors (Lipinski definition) is 1. The SMILES string of the molecule is CCCCN(C)S(=O)(=O)NC(C)c1ccc(OCc2cccnc2)cc1. The van der Waals surface area contributed by atoms with Crippen LogP contribution in [0.1, 0.15) is 43.9 Å². The van der Waals surface area contributed by atoms with Crippen LogP contribution >= 0.6 is 0 Å². The highest BCUT2D eigenvalue weighted by Crippen LogP contribution is 2.19. The molecule has 0 saturated carbocycles. The first kappa shape index (κ1) is 20.4. The van der Waals surface area contributed by atoms with E-state index in [-0.39, 0.29) is 6.04 Å². The highest BCUT2D eigenvalue weighted by atomic mass is 32.2. The molecule has 26 heavy (non-hydrogen) atoms. The van der Waals surface area contributed by atoms with Crippen molar-refractivity contribution in [2.45, 2.75) is 39.3 Å². The van der Waals surface area contributed by atoms with Crippen LogP contribution in [0.15, 0.2) is 48.8 Å². The van der Waals surface area contributed by atoms with Crippen LogP contribution in [0.5, 0.6) is 5.75 Å². The maximum absolute atomic E-state index is 12.3. The Morgan fingerprint density at radius 3 is 2.58 bits per heavy atom. The lowest BCUT2D eigenvalue weighted by Crippen LogP contribution is -2.39. The highest BCUT2D eigenvalue weighted by Gasteiger charge is 2.20. The van der Waals surface area contributed by atoms with Gasteiger partial charge in [-0.25, -0.2) is 0 Å². The first-order chi connectivity index (χ1) is 12.4. The molecule has 0 aliphatic carbocycles. The van der Waals surface area contributed by atoms with Gasteiger partial charge in [0.15, 0.2) is 0 Å². The lowest BCUT2D eigenvalue weighted by molar-refractivity contribution is 0.305. The molecular formula is C19H27N3O3S. The van der Waals surface area contributed by atoms with Crippen LogP contribution in [0, 0.1) is 0 Å². The maximum Gasteiger partial charge on any atom is 0.279 e. The van der Waals surface area contributed by atoms with E-state index in [0.717, 1.165) is 29.7 Å². The van der Waals surface area contributed by atoms with Gasteiger partial charge in [-0.15, -0.1) is 0 Å². The number of ether oxygens (including phenoxy) is 1. The fraction of sp³-hybridized carbons (Fsp3) is 0.421. The number of benzene rings is 1. The quantitative estimate of drug-likeness (QED) is 0.690. The number of unbranched alkanes of at least 4 members (excludes halogenated alkanes) is 1. The van der Waals surface area contributed by atoms with Crippen molar-refractivity contribution in [1.29, 1.82) is 0 Å². The summed E-state index contributed by atoms with van der Waals surface area (Å²) < 4.78 is 34.5. The van der Waals surface area contributed by atoms with E-state index in [1.165, 1.54) is 4.31 Å². The van der Waals surface area contributed by atoms with Gasteiger partial charge in [0.05, 0.1) is 0 Å². The summed E-state index contributed by atoms with van der Waals surface area (Å²) in [6.45, 7) is 4.82. The van der Waals surface area contributed by atoms with Crippen LogP contribution in [-0.2, 0) is 16.8 Å². The number of rotatable bonds is 10. The van der Waals surface area contributed by atoms with Crippen LogP contribution in [0.4, 0.5) is 0 Å². The molecule has 142 valence electrons. The maximum atomic E-state index is 12.3. The molecule has 0 radical (unpaired) electrons. The smallest absolute Gasteiger partial charge is 0.279 e. The number of hydrogen-bond acceptors (Lipinski definition) is 4. The van der Waals surface area contributed by atoms with Crippen LogP contribution < -0.4 is 9.46 Å². The van der Waals surface area contributed by atoms with Crippen molar-refractivity contribution < 1.29 is 13.2 Å². The Balaban J connectivity index is 1.92. The van der Waals surface area contributed by atoms with Crippen molar-refractivity contribution in [3.05, 3.63) is 59.9 Å². The van der Waals surface area contributed by atoms with E-state index < -0.39 is 10.2 Å². The van der Waals surface area contributed by atoms with Crippen LogP contribution in [0.3, 0.4) is 0 Å². The van der Waals surface area contributed by atoms with Gasteiger partial charge in [0.25, 0.3) is 10.2 Å². The van der Waals surface area contributed by atoms with Crippen molar-refractivity contribution in [2.75, 3.05) is 13.6 Å². The molecule has 0 aliphatic heterocycles. The fourth-order valence-corrected chi connectivity index (χ4v) is 3.52. The molecule has 6 nitrogen and oxygen atoms in total. The van der Waals surface area contributed by atoms with Gasteiger partial charge >= 0.3 is 0 Å². The molecule has 1 N–H and O–H groups in total. The highest BCUT2D eigenvalue weighted by molar-refractivity contribution is 7.87. The number of nitrogens with zero attached hydrogens (tertiary/aromatic N) is 2. The normalized spacial score (nSPS) is 12.9. The molecule has 0 amide bonds. The largest absolute Gasteiger partial charge is 0.489 e. The summed E-state index contributed by atoms with van der Waals surface area (Å²) in [5.74, 6) is 0.729. The molecule has 1 aromatic carbocycles. The van der Waals surface area contributed by atoms with Gasteiger partial charge in [-0.2, -0.15) is 17.4 Å². The average molecular weight is 378 g/mol. The molecule has 2 aromatic rings. The van der Waals surface area contributed by atoms with Crippen molar-refractivity contribution in [2.24, 2.45) is 0 Å². The molecule has 1 unspecified atom stereocenters. The van der Waals surface area contributed by atoms with Crippen molar-refractivity contribution >= 4 is 10.2 Å². The minimum Gasteiger partial charge on any atom is -0.489 e. The molecule has 2 rings (SSSR count). The van der Waals surface area contributed by atoms with Gasteiger partial charge in [-0.3, -0.25) is 4.98 Å². The Hall–Kier alpha value is -1.96. The van der Waals surface area contributed by atoms with Crippen LogP contribution in [0.2, 0.25) is 0 Å². The lowest BCUT2D eigenvalue weighted by Gasteiger charge is -2.21. The number of aromatic nitrogens is 1. The summed E-state index contributed by atoms with van der Waals surface area (Å²) in [4.78, 5) is 4.05. The molecule has 0 saturated heterocycles. The van der Waals surface area contributed by atoms with Crippen molar-refractivity contribution in [3.8, 4) is 5.75 Å². The number of nitrogens with one attached hydrogen (secondary N) is 1. The van der Waals surface area contributed by atoms with E-state index in [4.69, 9.17) is 4.74 Å². The Labute approximate surface area is 156 Å². The Morgan fingerprint density at radius 1 is 1.23 bits per heavy atom. The van der Waals surface area contributed by atoms with Gasteiger partial charge in [-0.1, -0.05) is 31.5 Å². The second-order valence-electron chi connectivity index (χ2n) is 6.24. The van der Waals surface area contributed by atoms with Crippen molar-refractivity contribution in [1.82, 2.24) is 14.0 Å². The topological polar surface area (TPSA) is 71.5 Å². The third kappa shape index (κ3) is 6.09. The zero-order valence-corrected chi connectivity index (χ0v) is 16.4. The van der Waals surface area contributed by atoms with Crippen LogP contribution in [-0.4, -0.2) is 31.3 Å².